The fraction of sp³-hybridized carbons (Fsp3) is 0.529. The maximum atomic E-state index is 12.6. The third-order valence-corrected chi connectivity index (χ3v) is 5.59. The van der Waals surface area contributed by atoms with E-state index in [1.54, 1.807) is 0 Å². The van der Waals surface area contributed by atoms with E-state index in [9.17, 15) is 9.59 Å². The molecule has 2 fully saturated rings. The van der Waals surface area contributed by atoms with Gasteiger partial charge in [-0.2, -0.15) is 0 Å². The first kappa shape index (κ1) is 15.5. The fourth-order valence-electron chi connectivity index (χ4n) is 3.47. The molecule has 0 unspecified atom stereocenters. The summed E-state index contributed by atoms with van der Waals surface area (Å²) in [5.41, 5.74) is 5.84. The molecule has 118 valence electrons. The van der Waals surface area contributed by atoms with Crippen LogP contribution in [-0.2, 0) is 15.0 Å². The van der Waals surface area contributed by atoms with E-state index in [-0.39, 0.29) is 17.7 Å². The van der Waals surface area contributed by atoms with Crippen LogP contribution in [0.25, 0.3) is 0 Å². The third kappa shape index (κ3) is 2.91. The summed E-state index contributed by atoms with van der Waals surface area (Å²) in [5, 5.41) is 0. The first-order chi connectivity index (χ1) is 10.6. The van der Waals surface area contributed by atoms with E-state index in [0.29, 0.717) is 0 Å². The third-order valence-electron chi connectivity index (χ3n) is 5.06. The highest BCUT2D eigenvalue weighted by molar-refractivity contribution is 9.10. The molecule has 2 aliphatic rings. The summed E-state index contributed by atoms with van der Waals surface area (Å²) in [6.45, 7) is 0. The van der Waals surface area contributed by atoms with Gasteiger partial charge in [-0.3, -0.25) is 20.4 Å². The number of benzene rings is 1. The van der Waals surface area contributed by atoms with E-state index in [1.165, 1.54) is 0 Å². The van der Waals surface area contributed by atoms with Gasteiger partial charge in [0.2, 0.25) is 11.8 Å². The molecular formula is C17H21BrN2O2. The molecule has 0 aliphatic heterocycles. The Bertz CT molecular complexity index is 561. The van der Waals surface area contributed by atoms with Crippen LogP contribution in [0.4, 0.5) is 0 Å². The molecule has 0 saturated heterocycles. The molecule has 2 saturated carbocycles. The van der Waals surface area contributed by atoms with Gasteiger partial charge in [-0.15, -0.1) is 0 Å². The van der Waals surface area contributed by atoms with Crippen molar-refractivity contribution in [1.82, 2.24) is 10.9 Å². The number of hydrogen-bond acceptors (Lipinski definition) is 2. The minimum atomic E-state index is -0.482. The van der Waals surface area contributed by atoms with Crippen LogP contribution in [0.3, 0.4) is 0 Å². The van der Waals surface area contributed by atoms with E-state index in [0.717, 1.165) is 55.0 Å². The zero-order chi connectivity index (χ0) is 15.6. The van der Waals surface area contributed by atoms with Gasteiger partial charge in [-0.1, -0.05) is 47.3 Å². The van der Waals surface area contributed by atoms with Crippen molar-refractivity contribution in [3.05, 3.63) is 34.3 Å². The standard InChI is InChI=1S/C17H21BrN2O2/c18-14-8-6-13(7-9-14)17(10-3-11-17)16(22)20-19-15(21)12-4-1-2-5-12/h6-9,12H,1-5,10-11H2,(H,19,21)(H,20,22). The SMILES string of the molecule is O=C(NNC(=O)C1(c2ccc(Br)cc2)CCC1)C1CCCC1. The number of rotatable bonds is 3. The fourth-order valence-corrected chi connectivity index (χ4v) is 3.74. The lowest BCUT2D eigenvalue weighted by Crippen LogP contribution is -2.55. The van der Waals surface area contributed by atoms with Crippen LogP contribution in [0.1, 0.15) is 50.5 Å². The van der Waals surface area contributed by atoms with E-state index < -0.39 is 5.41 Å². The molecule has 2 amide bonds. The molecule has 0 spiro atoms. The van der Waals surface area contributed by atoms with Gasteiger partial charge in [0.1, 0.15) is 0 Å². The summed E-state index contributed by atoms with van der Waals surface area (Å²) in [7, 11) is 0. The summed E-state index contributed by atoms with van der Waals surface area (Å²) in [6, 6.07) is 7.89. The molecule has 0 bridgehead atoms. The van der Waals surface area contributed by atoms with Crippen LogP contribution in [0.5, 0.6) is 0 Å². The molecular weight excluding hydrogens is 344 g/mol. The Morgan fingerprint density at radius 1 is 1.00 bits per heavy atom. The molecule has 0 atom stereocenters. The summed E-state index contributed by atoms with van der Waals surface area (Å²) in [4.78, 5) is 24.6. The monoisotopic (exact) mass is 364 g/mol. The lowest BCUT2D eigenvalue weighted by molar-refractivity contribution is -0.136. The number of hydrazine groups is 1. The molecule has 22 heavy (non-hydrogen) atoms. The predicted octanol–water partition coefficient (Wildman–Crippen LogP) is 3.21. The van der Waals surface area contributed by atoms with Gasteiger partial charge in [0.05, 0.1) is 5.41 Å². The van der Waals surface area contributed by atoms with Crippen LogP contribution >= 0.6 is 15.9 Å². The molecule has 0 heterocycles. The van der Waals surface area contributed by atoms with Crippen molar-refractivity contribution in [3.8, 4) is 0 Å². The molecule has 1 aromatic rings. The second-order valence-electron chi connectivity index (χ2n) is 6.37. The van der Waals surface area contributed by atoms with Crippen LogP contribution in [0.2, 0.25) is 0 Å². The van der Waals surface area contributed by atoms with E-state index in [1.807, 2.05) is 24.3 Å². The van der Waals surface area contributed by atoms with Crippen molar-refractivity contribution >= 4 is 27.7 Å². The van der Waals surface area contributed by atoms with E-state index >= 15 is 0 Å². The number of nitrogens with one attached hydrogen (secondary N) is 2. The number of hydrogen-bond donors (Lipinski definition) is 2. The second-order valence-corrected chi connectivity index (χ2v) is 7.28. The van der Waals surface area contributed by atoms with Gasteiger partial charge in [0.15, 0.2) is 0 Å². The highest BCUT2D eigenvalue weighted by Gasteiger charge is 2.45. The molecule has 3 rings (SSSR count). The molecule has 0 aromatic heterocycles. The average molecular weight is 365 g/mol. The minimum Gasteiger partial charge on any atom is -0.273 e. The summed E-state index contributed by atoms with van der Waals surface area (Å²) < 4.78 is 1.00. The zero-order valence-electron chi connectivity index (χ0n) is 12.5. The Morgan fingerprint density at radius 3 is 2.18 bits per heavy atom. The largest absolute Gasteiger partial charge is 0.273 e. The minimum absolute atomic E-state index is 0.0453. The maximum Gasteiger partial charge on any atom is 0.249 e. The van der Waals surface area contributed by atoms with Gasteiger partial charge in [0.25, 0.3) is 0 Å². The highest BCUT2D eigenvalue weighted by Crippen LogP contribution is 2.44. The molecule has 2 N–H and O–H groups in total. The van der Waals surface area contributed by atoms with Gasteiger partial charge in [-0.25, -0.2) is 0 Å². The topological polar surface area (TPSA) is 58.2 Å². The quantitative estimate of drug-likeness (QED) is 0.809. The Hall–Kier alpha value is -1.36. The average Bonchev–Trinajstić information content (AvgIpc) is 3.00. The van der Waals surface area contributed by atoms with E-state index in [2.05, 4.69) is 26.8 Å². The van der Waals surface area contributed by atoms with Crippen molar-refractivity contribution in [1.29, 1.82) is 0 Å². The molecule has 2 aliphatic carbocycles. The predicted molar refractivity (Wildman–Crippen MR) is 87.9 cm³/mol. The van der Waals surface area contributed by atoms with Crippen LogP contribution in [-0.4, -0.2) is 11.8 Å². The van der Waals surface area contributed by atoms with Crippen molar-refractivity contribution in [2.45, 2.75) is 50.4 Å². The Kier molecular flexibility index (Phi) is 4.52. The molecule has 5 heteroatoms. The molecule has 1 aromatic carbocycles. The van der Waals surface area contributed by atoms with Crippen molar-refractivity contribution in [3.63, 3.8) is 0 Å². The molecule has 4 nitrogen and oxygen atoms in total. The van der Waals surface area contributed by atoms with Crippen LogP contribution in [0.15, 0.2) is 28.7 Å². The summed E-state index contributed by atoms with van der Waals surface area (Å²) >= 11 is 3.42. The van der Waals surface area contributed by atoms with E-state index in [4.69, 9.17) is 0 Å². The number of carbonyl (C=O) groups excluding carboxylic acids is 2. The van der Waals surface area contributed by atoms with Gasteiger partial charge >= 0.3 is 0 Å². The maximum absolute atomic E-state index is 12.6. The van der Waals surface area contributed by atoms with Gasteiger partial charge in [0, 0.05) is 10.4 Å². The lowest BCUT2D eigenvalue weighted by Gasteiger charge is -2.40. The van der Waals surface area contributed by atoms with Crippen LogP contribution in [0, 0.1) is 5.92 Å². The lowest BCUT2D eigenvalue weighted by atomic mass is 9.64. The Morgan fingerprint density at radius 2 is 1.64 bits per heavy atom. The first-order valence-corrected chi connectivity index (χ1v) is 8.77. The van der Waals surface area contributed by atoms with Gasteiger partial charge < -0.3 is 0 Å². The number of amides is 2. The summed E-state index contributed by atoms with van der Waals surface area (Å²) in [6.07, 6.45) is 6.78. The zero-order valence-corrected chi connectivity index (χ0v) is 14.1. The van der Waals surface area contributed by atoms with Crippen molar-refractivity contribution in [2.24, 2.45) is 5.92 Å². The van der Waals surface area contributed by atoms with Crippen molar-refractivity contribution < 1.29 is 9.59 Å². The Labute approximate surface area is 139 Å². The van der Waals surface area contributed by atoms with Crippen molar-refractivity contribution in [2.75, 3.05) is 0 Å². The highest BCUT2D eigenvalue weighted by atomic mass is 79.9. The first-order valence-electron chi connectivity index (χ1n) is 7.98. The van der Waals surface area contributed by atoms with Gasteiger partial charge in [-0.05, 0) is 43.4 Å². The number of halogens is 1. The normalized spacial score (nSPS) is 20.2. The number of carbonyl (C=O) groups is 2. The smallest absolute Gasteiger partial charge is 0.249 e. The van der Waals surface area contributed by atoms with Crippen LogP contribution < -0.4 is 10.9 Å². The molecule has 0 radical (unpaired) electrons. The Balaban J connectivity index is 1.64. The second kappa shape index (κ2) is 6.41. The summed E-state index contributed by atoms with van der Waals surface area (Å²) in [5.74, 6) is -0.0751.